The fourth-order valence-electron chi connectivity index (χ4n) is 1.83. The SMILES string of the molecule is Cl.O=C1CN2Cc3c(Cl)cccc3N=C2N1. The monoisotopic (exact) mass is 257 g/mol. The summed E-state index contributed by atoms with van der Waals surface area (Å²) in [7, 11) is 0. The first-order valence-corrected chi connectivity index (χ1v) is 5.03. The Morgan fingerprint density at radius 2 is 2.19 bits per heavy atom. The third kappa shape index (κ3) is 1.64. The summed E-state index contributed by atoms with van der Waals surface area (Å²) >= 11 is 6.07. The number of benzene rings is 1. The topological polar surface area (TPSA) is 44.7 Å². The second-order valence-electron chi connectivity index (χ2n) is 3.58. The van der Waals surface area contributed by atoms with Crippen molar-refractivity contribution < 1.29 is 4.79 Å². The highest BCUT2D eigenvalue weighted by Gasteiger charge is 2.29. The maximum absolute atomic E-state index is 11.2. The summed E-state index contributed by atoms with van der Waals surface area (Å²) in [5.41, 5.74) is 1.83. The molecule has 0 aliphatic carbocycles. The molecule has 16 heavy (non-hydrogen) atoms. The molecule has 3 rings (SSSR count). The second kappa shape index (κ2) is 3.96. The minimum Gasteiger partial charge on any atom is -0.329 e. The number of halogens is 2. The zero-order valence-electron chi connectivity index (χ0n) is 8.24. The van der Waals surface area contributed by atoms with Gasteiger partial charge in [0.2, 0.25) is 11.9 Å². The first-order valence-electron chi connectivity index (χ1n) is 4.65. The van der Waals surface area contributed by atoms with Crippen molar-refractivity contribution in [1.29, 1.82) is 0 Å². The van der Waals surface area contributed by atoms with Gasteiger partial charge >= 0.3 is 0 Å². The Morgan fingerprint density at radius 1 is 1.38 bits per heavy atom. The molecule has 0 unspecified atom stereocenters. The molecule has 1 fully saturated rings. The number of aliphatic imine (C=N–C) groups is 1. The molecule has 0 radical (unpaired) electrons. The van der Waals surface area contributed by atoms with Gasteiger partial charge in [0.25, 0.3) is 0 Å². The van der Waals surface area contributed by atoms with Gasteiger partial charge in [0.1, 0.15) is 6.54 Å². The van der Waals surface area contributed by atoms with E-state index in [0.717, 1.165) is 11.3 Å². The summed E-state index contributed by atoms with van der Waals surface area (Å²) in [6.07, 6.45) is 0. The molecule has 1 aromatic carbocycles. The Labute approximate surface area is 104 Å². The molecule has 0 saturated carbocycles. The molecular weight excluding hydrogens is 249 g/mol. The van der Waals surface area contributed by atoms with Crippen LogP contribution < -0.4 is 5.32 Å². The number of amides is 1. The molecule has 0 atom stereocenters. The molecule has 2 aliphatic rings. The number of hydrogen-bond donors (Lipinski definition) is 1. The van der Waals surface area contributed by atoms with Crippen LogP contribution in [0.5, 0.6) is 0 Å². The zero-order valence-corrected chi connectivity index (χ0v) is 9.81. The molecule has 4 nitrogen and oxygen atoms in total. The van der Waals surface area contributed by atoms with Gasteiger partial charge < -0.3 is 4.90 Å². The maximum atomic E-state index is 11.2. The number of nitrogens with one attached hydrogen (secondary N) is 1. The van der Waals surface area contributed by atoms with Gasteiger partial charge in [-0.05, 0) is 12.1 Å². The van der Waals surface area contributed by atoms with Gasteiger partial charge in [-0.3, -0.25) is 10.1 Å². The van der Waals surface area contributed by atoms with Gasteiger partial charge in [-0.25, -0.2) is 4.99 Å². The molecule has 0 aromatic heterocycles. The van der Waals surface area contributed by atoms with Crippen LogP contribution in [0.25, 0.3) is 0 Å². The van der Waals surface area contributed by atoms with Crippen molar-refractivity contribution in [2.24, 2.45) is 4.99 Å². The number of fused-ring (bicyclic) bond motifs is 2. The molecule has 1 saturated heterocycles. The van der Waals surface area contributed by atoms with Crippen LogP contribution >= 0.6 is 24.0 Å². The minimum atomic E-state index is -0.0160. The molecule has 6 heteroatoms. The van der Waals surface area contributed by atoms with Crippen molar-refractivity contribution in [2.45, 2.75) is 6.54 Å². The van der Waals surface area contributed by atoms with Crippen LogP contribution in [0.1, 0.15) is 5.56 Å². The Morgan fingerprint density at radius 3 is 3.00 bits per heavy atom. The van der Waals surface area contributed by atoms with E-state index in [1.165, 1.54) is 0 Å². The highest BCUT2D eigenvalue weighted by atomic mass is 35.5. The van der Waals surface area contributed by atoms with Crippen molar-refractivity contribution in [2.75, 3.05) is 6.54 Å². The van der Waals surface area contributed by atoms with Crippen molar-refractivity contribution in [3.8, 4) is 0 Å². The summed E-state index contributed by atoms with van der Waals surface area (Å²) in [4.78, 5) is 17.4. The van der Waals surface area contributed by atoms with E-state index < -0.39 is 0 Å². The van der Waals surface area contributed by atoms with E-state index in [0.29, 0.717) is 24.1 Å². The van der Waals surface area contributed by atoms with Crippen LogP contribution in [0.3, 0.4) is 0 Å². The summed E-state index contributed by atoms with van der Waals surface area (Å²) in [5, 5.41) is 3.41. The first kappa shape index (κ1) is 11.2. The largest absolute Gasteiger partial charge is 0.329 e. The van der Waals surface area contributed by atoms with E-state index in [1.54, 1.807) is 0 Å². The van der Waals surface area contributed by atoms with E-state index in [1.807, 2.05) is 23.1 Å². The van der Waals surface area contributed by atoms with Crippen LogP contribution in [-0.4, -0.2) is 23.3 Å². The Balaban J connectivity index is 0.000000963. The molecular formula is C10H9Cl2N3O. The molecule has 2 heterocycles. The third-order valence-corrected chi connectivity index (χ3v) is 2.91. The molecule has 0 bridgehead atoms. The highest BCUT2D eigenvalue weighted by Crippen LogP contribution is 2.32. The summed E-state index contributed by atoms with van der Waals surface area (Å²) in [5.74, 6) is 0.618. The highest BCUT2D eigenvalue weighted by molar-refractivity contribution is 6.31. The second-order valence-corrected chi connectivity index (χ2v) is 3.98. The van der Waals surface area contributed by atoms with Gasteiger partial charge in [0.15, 0.2) is 0 Å². The van der Waals surface area contributed by atoms with E-state index in [-0.39, 0.29) is 18.3 Å². The van der Waals surface area contributed by atoms with Gasteiger partial charge in [-0.15, -0.1) is 12.4 Å². The van der Waals surface area contributed by atoms with Gasteiger partial charge in [-0.1, -0.05) is 17.7 Å². The standard InChI is InChI=1S/C10H8ClN3O.ClH/c11-7-2-1-3-8-6(7)4-14-5-9(15)13-10(14)12-8;/h1-3H,4-5H2,(H,12,13,15);1H. The van der Waals surface area contributed by atoms with Crippen LogP contribution in [-0.2, 0) is 11.3 Å². The minimum absolute atomic E-state index is 0. The smallest absolute Gasteiger partial charge is 0.246 e. The summed E-state index contributed by atoms with van der Waals surface area (Å²) in [6, 6.07) is 5.60. The Hall–Kier alpha value is -1.26. The average Bonchev–Trinajstić information content (AvgIpc) is 2.55. The molecule has 1 aromatic rings. The Bertz CT molecular complexity index is 487. The molecule has 0 spiro atoms. The van der Waals surface area contributed by atoms with E-state index >= 15 is 0 Å². The number of carbonyl (C=O) groups excluding carboxylic acids is 1. The van der Waals surface area contributed by atoms with E-state index in [4.69, 9.17) is 11.6 Å². The Kier molecular flexibility index (Phi) is 2.78. The average molecular weight is 258 g/mol. The summed E-state index contributed by atoms with van der Waals surface area (Å²) in [6.45, 7) is 1.01. The predicted molar refractivity (Wildman–Crippen MR) is 64.3 cm³/mol. The number of rotatable bonds is 0. The van der Waals surface area contributed by atoms with Crippen LogP contribution in [0.15, 0.2) is 23.2 Å². The third-order valence-electron chi connectivity index (χ3n) is 2.55. The number of hydrogen-bond acceptors (Lipinski definition) is 3. The number of nitrogens with zero attached hydrogens (tertiary/aromatic N) is 2. The number of carbonyl (C=O) groups is 1. The van der Waals surface area contributed by atoms with Gasteiger partial charge in [0.05, 0.1) is 5.69 Å². The van der Waals surface area contributed by atoms with Crippen molar-refractivity contribution in [3.63, 3.8) is 0 Å². The molecule has 1 N–H and O–H groups in total. The van der Waals surface area contributed by atoms with E-state index in [9.17, 15) is 4.79 Å². The van der Waals surface area contributed by atoms with Crippen LogP contribution in [0, 0.1) is 0 Å². The fourth-order valence-corrected chi connectivity index (χ4v) is 2.06. The number of guanidine groups is 1. The molecule has 1 amide bonds. The van der Waals surface area contributed by atoms with Crippen molar-refractivity contribution in [1.82, 2.24) is 10.2 Å². The lowest BCUT2D eigenvalue weighted by Crippen LogP contribution is -2.32. The summed E-state index contributed by atoms with van der Waals surface area (Å²) < 4.78 is 0. The fraction of sp³-hybridized carbons (Fsp3) is 0.200. The lowest BCUT2D eigenvalue weighted by molar-refractivity contribution is -0.118. The molecule has 2 aliphatic heterocycles. The zero-order chi connectivity index (χ0) is 10.4. The maximum Gasteiger partial charge on any atom is 0.246 e. The first-order chi connectivity index (χ1) is 7.24. The normalized spacial score (nSPS) is 16.9. The lowest BCUT2D eigenvalue weighted by atomic mass is 10.1. The van der Waals surface area contributed by atoms with Crippen molar-refractivity contribution in [3.05, 3.63) is 28.8 Å². The molecule has 84 valence electrons. The predicted octanol–water partition coefficient (Wildman–Crippen LogP) is 1.69. The van der Waals surface area contributed by atoms with Gasteiger partial charge in [-0.2, -0.15) is 0 Å². The van der Waals surface area contributed by atoms with Crippen molar-refractivity contribution >= 4 is 41.6 Å². The van der Waals surface area contributed by atoms with E-state index in [2.05, 4.69) is 10.3 Å². The van der Waals surface area contributed by atoms with Crippen LogP contribution in [0.2, 0.25) is 5.02 Å². The quantitative estimate of drug-likeness (QED) is 0.769. The van der Waals surface area contributed by atoms with Crippen LogP contribution in [0.4, 0.5) is 5.69 Å². The van der Waals surface area contributed by atoms with Gasteiger partial charge in [0, 0.05) is 17.1 Å². The lowest BCUT2D eigenvalue weighted by Gasteiger charge is -2.23.